The molecular formula is C17H17FN2OS. The number of fused-ring (bicyclic) bond motifs is 1. The topological polar surface area (TPSA) is 34.0 Å². The van der Waals surface area contributed by atoms with Gasteiger partial charge in [0.2, 0.25) is 0 Å². The highest BCUT2D eigenvalue weighted by atomic mass is 32.1. The maximum absolute atomic E-state index is 14.0. The Morgan fingerprint density at radius 1 is 1.32 bits per heavy atom. The van der Waals surface area contributed by atoms with Gasteiger partial charge in [-0.3, -0.25) is 4.79 Å². The summed E-state index contributed by atoms with van der Waals surface area (Å²) >= 11 is 1.64. The van der Waals surface area contributed by atoms with Gasteiger partial charge >= 0.3 is 0 Å². The van der Waals surface area contributed by atoms with Crippen molar-refractivity contribution in [3.8, 4) is 0 Å². The minimum Gasteiger partial charge on any atom is -0.351 e. The van der Waals surface area contributed by atoms with Crippen LogP contribution in [0.3, 0.4) is 0 Å². The second kappa shape index (κ2) is 5.93. The molecule has 0 radical (unpaired) electrons. The molecule has 2 heterocycles. The van der Waals surface area contributed by atoms with E-state index in [0.717, 1.165) is 10.2 Å². The third-order valence-electron chi connectivity index (χ3n) is 3.57. The molecule has 114 valence electrons. The number of amides is 1. The molecule has 0 unspecified atom stereocenters. The molecule has 0 aliphatic carbocycles. The quantitative estimate of drug-likeness (QED) is 0.777. The van der Waals surface area contributed by atoms with Gasteiger partial charge in [0.15, 0.2) is 0 Å². The molecule has 0 fully saturated rings. The van der Waals surface area contributed by atoms with Gasteiger partial charge in [-0.15, -0.1) is 11.3 Å². The van der Waals surface area contributed by atoms with Crippen LogP contribution in [0.15, 0.2) is 36.4 Å². The van der Waals surface area contributed by atoms with Crippen molar-refractivity contribution in [1.29, 1.82) is 0 Å². The minimum atomic E-state index is -0.252. The van der Waals surface area contributed by atoms with Crippen LogP contribution in [0.4, 0.5) is 4.39 Å². The summed E-state index contributed by atoms with van der Waals surface area (Å²) in [5.41, 5.74) is 2.13. The maximum atomic E-state index is 14.0. The SMILES string of the molecule is CCNC(=O)c1cc2sc(C)cc2n1Cc1ccccc1F. The Hall–Kier alpha value is -2.14. The Kier molecular flexibility index (Phi) is 3.98. The van der Waals surface area contributed by atoms with Crippen molar-refractivity contribution in [2.24, 2.45) is 0 Å². The van der Waals surface area contributed by atoms with Gasteiger partial charge in [0.05, 0.1) is 16.8 Å². The van der Waals surface area contributed by atoms with Gasteiger partial charge in [0, 0.05) is 17.0 Å². The zero-order chi connectivity index (χ0) is 15.7. The van der Waals surface area contributed by atoms with Crippen LogP contribution in [0.2, 0.25) is 0 Å². The lowest BCUT2D eigenvalue weighted by Crippen LogP contribution is -2.25. The summed E-state index contributed by atoms with van der Waals surface area (Å²) in [4.78, 5) is 13.4. The standard InChI is InChI=1S/C17H17FN2OS/c1-3-19-17(21)15-9-16-14(8-11(2)22-16)20(15)10-12-6-4-5-7-13(12)18/h4-9H,3,10H2,1-2H3,(H,19,21). The first-order chi connectivity index (χ1) is 10.6. The molecular weight excluding hydrogens is 299 g/mol. The van der Waals surface area contributed by atoms with Gasteiger partial charge in [-0.25, -0.2) is 4.39 Å². The van der Waals surface area contributed by atoms with Crippen molar-refractivity contribution in [1.82, 2.24) is 9.88 Å². The van der Waals surface area contributed by atoms with E-state index < -0.39 is 0 Å². The number of carbonyl (C=O) groups excluding carboxylic acids is 1. The first kappa shape index (κ1) is 14.8. The average Bonchev–Trinajstić information content (AvgIpc) is 2.99. The molecule has 0 aliphatic heterocycles. The number of benzene rings is 1. The Morgan fingerprint density at radius 3 is 2.82 bits per heavy atom. The third-order valence-corrected chi connectivity index (χ3v) is 4.56. The average molecular weight is 316 g/mol. The third kappa shape index (κ3) is 2.64. The predicted molar refractivity (Wildman–Crippen MR) is 88.1 cm³/mol. The summed E-state index contributed by atoms with van der Waals surface area (Å²) in [5.74, 6) is -0.377. The fraction of sp³-hybridized carbons (Fsp3) is 0.235. The van der Waals surface area contributed by atoms with Gasteiger partial charge in [-0.1, -0.05) is 18.2 Å². The largest absolute Gasteiger partial charge is 0.351 e. The molecule has 0 aliphatic rings. The molecule has 1 aromatic carbocycles. The van der Waals surface area contributed by atoms with Crippen LogP contribution in [0, 0.1) is 12.7 Å². The fourth-order valence-corrected chi connectivity index (χ4v) is 3.53. The summed E-state index contributed by atoms with van der Waals surface area (Å²) in [6.45, 7) is 4.83. The van der Waals surface area contributed by atoms with Crippen LogP contribution in [0.5, 0.6) is 0 Å². The van der Waals surface area contributed by atoms with Crippen LogP contribution in [0.1, 0.15) is 27.9 Å². The van der Waals surface area contributed by atoms with Gasteiger partial charge in [0.25, 0.3) is 5.91 Å². The number of rotatable bonds is 4. The molecule has 0 atom stereocenters. The monoisotopic (exact) mass is 316 g/mol. The molecule has 0 saturated heterocycles. The molecule has 0 spiro atoms. The van der Waals surface area contributed by atoms with Crippen molar-refractivity contribution < 1.29 is 9.18 Å². The lowest BCUT2D eigenvalue weighted by atomic mass is 10.2. The highest BCUT2D eigenvalue weighted by molar-refractivity contribution is 7.19. The predicted octanol–water partition coefficient (Wildman–Crippen LogP) is 3.95. The maximum Gasteiger partial charge on any atom is 0.267 e. The zero-order valence-electron chi connectivity index (χ0n) is 12.5. The highest BCUT2D eigenvalue weighted by Crippen LogP contribution is 2.29. The van der Waals surface area contributed by atoms with Crippen LogP contribution in [-0.4, -0.2) is 17.0 Å². The van der Waals surface area contributed by atoms with Gasteiger partial charge in [0.1, 0.15) is 11.5 Å². The molecule has 1 N–H and O–H groups in total. The summed E-state index contributed by atoms with van der Waals surface area (Å²) in [7, 11) is 0. The molecule has 2 aromatic heterocycles. The van der Waals surface area contributed by atoms with Crippen molar-refractivity contribution in [3.05, 3.63) is 58.3 Å². The van der Waals surface area contributed by atoms with Crippen LogP contribution >= 0.6 is 11.3 Å². The van der Waals surface area contributed by atoms with Crippen molar-refractivity contribution in [2.45, 2.75) is 20.4 Å². The number of aryl methyl sites for hydroxylation is 1. The van der Waals surface area contributed by atoms with Crippen molar-refractivity contribution in [3.63, 3.8) is 0 Å². The number of halogens is 1. The van der Waals surface area contributed by atoms with E-state index in [1.54, 1.807) is 23.5 Å². The van der Waals surface area contributed by atoms with E-state index in [4.69, 9.17) is 0 Å². The smallest absolute Gasteiger partial charge is 0.267 e. The number of aromatic nitrogens is 1. The molecule has 5 heteroatoms. The lowest BCUT2D eigenvalue weighted by molar-refractivity contribution is 0.0947. The van der Waals surface area contributed by atoms with E-state index in [1.807, 2.05) is 36.6 Å². The van der Waals surface area contributed by atoms with Crippen LogP contribution < -0.4 is 5.32 Å². The molecule has 0 saturated carbocycles. The molecule has 3 nitrogen and oxygen atoms in total. The summed E-state index contributed by atoms with van der Waals surface area (Å²) in [6, 6.07) is 10.6. The Morgan fingerprint density at radius 2 is 2.09 bits per heavy atom. The number of nitrogens with one attached hydrogen (secondary N) is 1. The van der Waals surface area contributed by atoms with Gasteiger partial charge in [-0.2, -0.15) is 0 Å². The molecule has 3 rings (SSSR count). The zero-order valence-corrected chi connectivity index (χ0v) is 13.3. The molecule has 1 amide bonds. The minimum absolute atomic E-state index is 0.125. The Balaban J connectivity index is 2.10. The summed E-state index contributed by atoms with van der Waals surface area (Å²) in [5, 5.41) is 2.82. The Bertz CT molecular complexity index is 834. The summed E-state index contributed by atoms with van der Waals surface area (Å²) in [6.07, 6.45) is 0. The van der Waals surface area contributed by atoms with Gasteiger partial charge in [-0.05, 0) is 32.0 Å². The van der Waals surface area contributed by atoms with Crippen LogP contribution in [-0.2, 0) is 6.54 Å². The lowest BCUT2D eigenvalue weighted by Gasteiger charge is -2.11. The van der Waals surface area contributed by atoms with E-state index in [9.17, 15) is 9.18 Å². The second-order valence-electron chi connectivity index (χ2n) is 5.17. The van der Waals surface area contributed by atoms with E-state index in [0.29, 0.717) is 24.3 Å². The van der Waals surface area contributed by atoms with E-state index >= 15 is 0 Å². The van der Waals surface area contributed by atoms with Crippen molar-refractivity contribution >= 4 is 27.5 Å². The number of hydrogen-bond donors (Lipinski definition) is 1. The van der Waals surface area contributed by atoms with E-state index in [-0.39, 0.29) is 11.7 Å². The normalized spacial score (nSPS) is 11.0. The molecule has 3 aromatic rings. The number of hydrogen-bond acceptors (Lipinski definition) is 2. The highest BCUT2D eigenvalue weighted by Gasteiger charge is 2.17. The van der Waals surface area contributed by atoms with E-state index in [2.05, 4.69) is 5.32 Å². The first-order valence-electron chi connectivity index (χ1n) is 7.21. The van der Waals surface area contributed by atoms with Gasteiger partial charge < -0.3 is 9.88 Å². The number of thiophene rings is 1. The molecule has 0 bridgehead atoms. The fourth-order valence-electron chi connectivity index (χ4n) is 2.57. The summed E-state index contributed by atoms with van der Waals surface area (Å²) < 4.78 is 16.9. The Labute approximate surface area is 132 Å². The number of nitrogens with zero attached hydrogens (tertiary/aromatic N) is 1. The number of carbonyl (C=O) groups is 1. The van der Waals surface area contributed by atoms with Crippen molar-refractivity contribution in [2.75, 3.05) is 6.54 Å². The van der Waals surface area contributed by atoms with E-state index in [1.165, 1.54) is 10.9 Å². The molecule has 22 heavy (non-hydrogen) atoms. The van der Waals surface area contributed by atoms with Crippen LogP contribution in [0.25, 0.3) is 10.2 Å². The second-order valence-corrected chi connectivity index (χ2v) is 6.46. The first-order valence-corrected chi connectivity index (χ1v) is 8.03.